The van der Waals surface area contributed by atoms with E-state index in [4.69, 9.17) is 4.74 Å². The smallest absolute Gasteiger partial charge is 0.333 e. The minimum atomic E-state index is -0.948. The molecule has 0 aliphatic carbocycles. The third kappa shape index (κ3) is 5.45. The summed E-state index contributed by atoms with van der Waals surface area (Å²) in [5, 5.41) is 13.3. The van der Waals surface area contributed by atoms with Crippen molar-refractivity contribution in [2.24, 2.45) is 0 Å². The van der Waals surface area contributed by atoms with Crippen LogP contribution in [0.25, 0.3) is 5.57 Å². The predicted octanol–water partition coefficient (Wildman–Crippen LogP) is 4.03. The van der Waals surface area contributed by atoms with Crippen LogP contribution in [-0.4, -0.2) is 53.7 Å². The number of rotatable bonds is 7. The molecule has 2 bridgehead atoms. The average molecular weight is 517 g/mol. The van der Waals surface area contributed by atoms with Gasteiger partial charge in [-0.05, 0) is 64.0 Å². The summed E-state index contributed by atoms with van der Waals surface area (Å²) >= 11 is 3.35. The second kappa shape index (κ2) is 10.1. The molecule has 2 atom stereocenters. The van der Waals surface area contributed by atoms with Crippen LogP contribution in [0.5, 0.6) is 5.75 Å². The summed E-state index contributed by atoms with van der Waals surface area (Å²) in [6.07, 6.45) is 2.12. The van der Waals surface area contributed by atoms with Gasteiger partial charge >= 0.3 is 5.97 Å². The van der Waals surface area contributed by atoms with Crippen LogP contribution >= 0.6 is 15.9 Å². The van der Waals surface area contributed by atoms with Crippen molar-refractivity contribution < 1.29 is 23.8 Å². The van der Waals surface area contributed by atoms with Gasteiger partial charge in [0.25, 0.3) is 0 Å². The summed E-state index contributed by atoms with van der Waals surface area (Å²) in [7, 11) is 0. The number of aryl methyl sites for hydroxylation is 1. The number of piperazine rings is 1. The Balaban J connectivity index is 1.41. The molecule has 6 nitrogen and oxygen atoms in total. The van der Waals surface area contributed by atoms with Crippen LogP contribution in [0.3, 0.4) is 0 Å². The van der Waals surface area contributed by atoms with Gasteiger partial charge in [0.15, 0.2) is 0 Å². The highest BCUT2D eigenvalue weighted by Crippen LogP contribution is 2.33. The number of hydrogen-bond acceptors (Lipinski definition) is 4. The maximum Gasteiger partial charge on any atom is 0.333 e. The van der Waals surface area contributed by atoms with Gasteiger partial charge in [0, 0.05) is 32.1 Å². The fourth-order valence-corrected chi connectivity index (χ4v) is 4.90. The van der Waals surface area contributed by atoms with E-state index in [1.165, 1.54) is 19.1 Å². The lowest BCUT2D eigenvalue weighted by molar-refractivity contribution is -0.135. The van der Waals surface area contributed by atoms with Crippen LogP contribution in [0, 0.1) is 5.82 Å². The van der Waals surface area contributed by atoms with Gasteiger partial charge in [0.1, 0.15) is 11.6 Å². The van der Waals surface area contributed by atoms with E-state index in [1.54, 1.807) is 11.0 Å². The molecule has 1 saturated heterocycles. The normalized spacial score (nSPS) is 20.0. The zero-order valence-corrected chi connectivity index (χ0v) is 19.9. The number of halogens is 2. The number of nitrogens with one attached hydrogen (secondary N) is 1. The van der Waals surface area contributed by atoms with Gasteiger partial charge < -0.3 is 20.1 Å². The van der Waals surface area contributed by atoms with Gasteiger partial charge in [-0.3, -0.25) is 4.79 Å². The van der Waals surface area contributed by atoms with Crippen LogP contribution in [0.1, 0.15) is 30.9 Å². The molecule has 2 aliphatic rings. The molecule has 0 saturated carbocycles. The molecule has 174 valence electrons. The Labute approximate surface area is 200 Å². The Morgan fingerprint density at radius 2 is 1.97 bits per heavy atom. The minimum absolute atomic E-state index is 0.0298. The lowest BCUT2D eigenvalue weighted by Gasteiger charge is -2.43. The number of nitrogens with zero attached hydrogens (tertiary/aromatic N) is 1. The molecule has 2 aromatic rings. The van der Waals surface area contributed by atoms with Crippen molar-refractivity contribution in [3.8, 4) is 5.75 Å². The van der Waals surface area contributed by atoms with Crippen molar-refractivity contribution in [1.82, 2.24) is 10.2 Å². The van der Waals surface area contributed by atoms with E-state index in [-0.39, 0.29) is 23.8 Å². The molecule has 1 amide bonds. The maximum absolute atomic E-state index is 13.4. The third-order valence-corrected chi connectivity index (χ3v) is 6.80. The summed E-state index contributed by atoms with van der Waals surface area (Å²) in [6, 6.07) is 12.0. The molecule has 1 unspecified atom stereocenters. The van der Waals surface area contributed by atoms with Gasteiger partial charge in [0.2, 0.25) is 5.91 Å². The molecule has 33 heavy (non-hydrogen) atoms. The highest BCUT2D eigenvalue weighted by atomic mass is 79.9. The first-order valence-electron chi connectivity index (χ1n) is 11.0. The lowest BCUT2D eigenvalue weighted by atomic mass is 9.83. The van der Waals surface area contributed by atoms with Gasteiger partial charge in [-0.1, -0.05) is 24.3 Å². The van der Waals surface area contributed by atoms with Crippen LogP contribution in [0.2, 0.25) is 0 Å². The van der Waals surface area contributed by atoms with E-state index in [1.807, 2.05) is 24.3 Å². The van der Waals surface area contributed by atoms with Gasteiger partial charge in [-0.25, -0.2) is 9.18 Å². The molecule has 8 heteroatoms. The molecular weight excluding hydrogens is 491 g/mol. The summed E-state index contributed by atoms with van der Waals surface area (Å²) in [5.41, 5.74) is 3.21. The van der Waals surface area contributed by atoms with E-state index in [2.05, 4.69) is 21.2 Å². The number of carbonyl (C=O) groups is 2. The van der Waals surface area contributed by atoms with E-state index in [0.717, 1.165) is 29.5 Å². The quantitative estimate of drug-likeness (QED) is 0.543. The largest absolute Gasteiger partial charge is 0.492 e. The first-order valence-corrected chi connectivity index (χ1v) is 11.8. The zero-order chi connectivity index (χ0) is 23.5. The second-order valence-electron chi connectivity index (χ2n) is 8.47. The Morgan fingerprint density at radius 1 is 1.21 bits per heavy atom. The van der Waals surface area contributed by atoms with Crippen molar-refractivity contribution in [3.63, 3.8) is 0 Å². The molecular formula is C25H26BrFN2O4. The summed E-state index contributed by atoms with van der Waals surface area (Å²) in [5.74, 6) is -0.831. The van der Waals surface area contributed by atoms with Crippen LogP contribution < -0.4 is 10.1 Å². The Hall–Kier alpha value is -2.71. The van der Waals surface area contributed by atoms with E-state index in [9.17, 15) is 19.1 Å². The molecule has 1 fully saturated rings. The van der Waals surface area contributed by atoms with Crippen LogP contribution in [0.15, 0.2) is 52.5 Å². The standard InChI is InChI=1S/C25H26BrFN2O4/c1-15(30)29-13-19-12-20(24(25(31)32)22(14-29)28-19)17-6-4-16(5-7-17)3-2-10-33-23-11-18(27)8-9-21(23)26/h4-9,11,19,22,28H,2-3,10,12-14H2,1H3,(H,31,32)/t19?,22-/m1/s1. The minimum Gasteiger partial charge on any atom is -0.492 e. The van der Waals surface area contributed by atoms with Crippen molar-refractivity contribution in [2.45, 2.75) is 38.3 Å². The third-order valence-electron chi connectivity index (χ3n) is 6.14. The highest BCUT2D eigenvalue weighted by molar-refractivity contribution is 9.10. The maximum atomic E-state index is 13.4. The molecule has 0 aromatic heterocycles. The van der Waals surface area contributed by atoms with E-state index >= 15 is 0 Å². The number of benzene rings is 2. The van der Waals surface area contributed by atoms with E-state index < -0.39 is 5.97 Å². The number of hydrogen-bond donors (Lipinski definition) is 2. The fourth-order valence-electron chi connectivity index (χ4n) is 4.54. The van der Waals surface area contributed by atoms with Crippen molar-refractivity contribution in [2.75, 3.05) is 19.7 Å². The van der Waals surface area contributed by atoms with Crippen LogP contribution in [0.4, 0.5) is 4.39 Å². The molecule has 2 aliphatic heterocycles. The van der Waals surface area contributed by atoms with Crippen molar-refractivity contribution in [3.05, 3.63) is 69.5 Å². The number of aliphatic carboxylic acids is 1. The van der Waals surface area contributed by atoms with Crippen LogP contribution in [-0.2, 0) is 16.0 Å². The molecule has 2 heterocycles. The SMILES string of the molecule is CC(=O)N1CC2CC(c3ccc(CCCOc4cc(F)ccc4Br)cc3)=C(C(=O)O)[C@@H](C1)N2. The monoisotopic (exact) mass is 516 g/mol. The molecule has 2 aromatic carbocycles. The topological polar surface area (TPSA) is 78.9 Å². The molecule has 0 radical (unpaired) electrons. The zero-order valence-electron chi connectivity index (χ0n) is 18.3. The first-order chi connectivity index (χ1) is 15.8. The fraction of sp³-hybridized carbons (Fsp3) is 0.360. The van der Waals surface area contributed by atoms with Gasteiger partial charge in [0.05, 0.1) is 22.7 Å². The number of fused-ring (bicyclic) bond motifs is 2. The predicted molar refractivity (Wildman–Crippen MR) is 126 cm³/mol. The van der Waals surface area contributed by atoms with Gasteiger partial charge in [-0.15, -0.1) is 0 Å². The van der Waals surface area contributed by atoms with Gasteiger partial charge in [-0.2, -0.15) is 0 Å². The number of carboxylic acids is 1. The van der Waals surface area contributed by atoms with Crippen molar-refractivity contribution >= 4 is 33.4 Å². The molecule has 0 spiro atoms. The highest BCUT2D eigenvalue weighted by Gasteiger charge is 2.38. The number of carbonyl (C=O) groups excluding carboxylic acids is 1. The Kier molecular flexibility index (Phi) is 7.14. The number of carboxylic acid groups (broad SMARTS) is 1. The second-order valence-corrected chi connectivity index (χ2v) is 9.32. The number of ether oxygens (including phenoxy) is 1. The Morgan fingerprint density at radius 3 is 2.67 bits per heavy atom. The lowest BCUT2D eigenvalue weighted by Crippen LogP contribution is -2.61. The summed E-state index contributed by atoms with van der Waals surface area (Å²) in [4.78, 5) is 25.6. The van der Waals surface area contributed by atoms with Crippen molar-refractivity contribution in [1.29, 1.82) is 0 Å². The summed E-state index contributed by atoms with van der Waals surface area (Å²) in [6.45, 7) is 2.94. The first kappa shape index (κ1) is 23.4. The average Bonchev–Trinajstić information content (AvgIpc) is 2.78. The Bertz CT molecular complexity index is 1090. The number of amides is 1. The molecule has 4 rings (SSSR count). The molecule has 2 N–H and O–H groups in total. The summed E-state index contributed by atoms with van der Waals surface area (Å²) < 4.78 is 19.7. The van der Waals surface area contributed by atoms with E-state index in [0.29, 0.717) is 41.9 Å².